The first-order valence-electron chi connectivity index (χ1n) is 8.80. The minimum atomic E-state index is -0.390. The number of fused-ring (bicyclic) bond motifs is 1. The molecule has 2 heterocycles. The number of hydrogen-bond acceptors (Lipinski definition) is 6. The molecule has 0 aromatic carbocycles. The average molecular weight is 373 g/mol. The lowest BCUT2D eigenvalue weighted by Crippen LogP contribution is -2.31. The van der Waals surface area contributed by atoms with Crippen LogP contribution in [0.3, 0.4) is 0 Å². The van der Waals surface area contributed by atoms with Crippen LogP contribution in [0.2, 0.25) is 0 Å². The number of nitrogens with one attached hydrogen (secondary N) is 2. The van der Waals surface area contributed by atoms with Crippen molar-refractivity contribution in [2.75, 3.05) is 0 Å². The molecule has 2 aromatic heterocycles. The number of rotatable bonds is 5. The molecule has 1 aliphatic rings. The van der Waals surface area contributed by atoms with E-state index >= 15 is 0 Å². The first kappa shape index (κ1) is 18.6. The normalized spacial score (nSPS) is 14.6. The van der Waals surface area contributed by atoms with E-state index in [2.05, 4.69) is 25.3 Å². The molecule has 26 heavy (non-hydrogen) atoms. The number of nitrogens with zero attached hydrogens (tertiary/aromatic N) is 3. The summed E-state index contributed by atoms with van der Waals surface area (Å²) >= 11 is 1.22. The molecule has 0 fully saturated rings. The number of H-pyrrole nitrogens is 1. The molecule has 0 saturated carbocycles. The summed E-state index contributed by atoms with van der Waals surface area (Å²) in [5, 5.41) is 2.93. The summed E-state index contributed by atoms with van der Waals surface area (Å²) in [6.07, 6.45) is 4.38. The van der Waals surface area contributed by atoms with Crippen LogP contribution in [0.4, 0.5) is 0 Å². The van der Waals surface area contributed by atoms with E-state index in [0.717, 1.165) is 30.7 Å². The molecule has 138 valence electrons. The van der Waals surface area contributed by atoms with Gasteiger partial charge in [-0.3, -0.25) is 9.59 Å². The minimum Gasteiger partial charge on any atom is -0.348 e. The third kappa shape index (κ3) is 4.49. The van der Waals surface area contributed by atoms with Gasteiger partial charge in [-0.15, -0.1) is 0 Å². The molecule has 2 aromatic rings. The topological polar surface area (TPSA) is 101 Å². The Morgan fingerprint density at radius 3 is 2.81 bits per heavy atom. The van der Waals surface area contributed by atoms with Crippen LogP contribution >= 0.6 is 11.8 Å². The smallest absolute Gasteiger partial charge is 0.251 e. The van der Waals surface area contributed by atoms with E-state index in [1.807, 2.05) is 6.92 Å². The van der Waals surface area contributed by atoms with Crippen LogP contribution in [0.25, 0.3) is 0 Å². The molecule has 1 unspecified atom stereocenters. The number of aromatic nitrogens is 4. The van der Waals surface area contributed by atoms with Crippen LogP contribution in [0.15, 0.2) is 16.0 Å². The number of aryl methyl sites for hydroxylation is 3. The summed E-state index contributed by atoms with van der Waals surface area (Å²) in [5.74, 6) is 0.508. The molecule has 2 N–H and O–H groups in total. The standard InChI is InChI=1S/C18H23N5O2S/c1-10-8-16(24)23-18(20-10)26-12(3)17(25)19-9-15-21-11(2)13-6-4-5-7-14(13)22-15/h8,12H,4-7,9H2,1-3H3,(H,19,25)(H,20,23,24). The molecule has 3 rings (SSSR count). The fourth-order valence-corrected chi connectivity index (χ4v) is 3.94. The Morgan fingerprint density at radius 1 is 1.27 bits per heavy atom. The zero-order chi connectivity index (χ0) is 18.7. The Labute approximate surface area is 156 Å². The van der Waals surface area contributed by atoms with Crippen LogP contribution in [0.5, 0.6) is 0 Å². The quantitative estimate of drug-likeness (QED) is 0.613. The van der Waals surface area contributed by atoms with Crippen molar-refractivity contribution >= 4 is 17.7 Å². The molecule has 1 aliphatic carbocycles. The van der Waals surface area contributed by atoms with Gasteiger partial charge in [0.2, 0.25) is 5.91 Å². The molecule has 1 atom stereocenters. The predicted octanol–water partition coefficient (Wildman–Crippen LogP) is 1.85. The van der Waals surface area contributed by atoms with Crippen LogP contribution in [0, 0.1) is 13.8 Å². The second kappa shape index (κ2) is 7.99. The van der Waals surface area contributed by atoms with E-state index in [1.54, 1.807) is 13.8 Å². The molecular formula is C18H23N5O2S. The summed E-state index contributed by atoms with van der Waals surface area (Å²) < 4.78 is 0. The lowest BCUT2D eigenvalue weighted by molar-refractivity contribution is -0.120. The highest BCUT2D eigenvalue weighted by Gasteiger charge is 2.18. The Morgan fingerprint density at radius 2 is 2.04 bits per heavy atom. The number of amides is 1. The first-order chi connectivity index (χ1) is 12.4. The maximum atomic E-state index is 12.4. The van der Waals surface area contributed by atoms with Gasteiger partial charge in [0.1, 0.15) is 5.82 Å². The van der Waals surface area contributed by atoms with Crippen LogP contribution in [-0.4, -0.2) is 31.1 Å². The van der Waals surface area contributed by atoms with Gasteiger partial charge in [0, 0.05) is 23.1 Å². The highest BCUT2D eigenvalue weighted by atomic mass is 32.2. The second-order valence-corrected chi connectivity index (χ2v) is 7.86. The zero-order valence-electron chi connectivity index (χ0n) is 15.3. The summed E-state index contributed by atoms with van der Waals surface area (Å²) in [4.78, 5) is 39.9. The third-order valence-electron chi connectivity index (χ3n) is 4.36. The number of carbonyl (C=O) groups is 1. The van der Waals surface area contributed by atoms with Gasteiger partial charge < -0.3 is 10.3 Å². The number of hydrogen-bond donors (Lipinski definition) is 2. The Hall–Kier alpha value is -2.22. The molecule has 1 amide bonds. The van der Waals surface area contributed by atoms with E-state index in [4.69, 9.17) is 0 Å². The molecule has 0 radical (unpaired) electrons. The van der Waals surface area contributed by atoms with E-state index in [9.17, 15) is 9.59 Å². The number of thioether (sulfide) groups is 1. The summed E-state index contributed by atoms with van der Waals surface area (Å²) in [6.45, 7) is 5.84. The number of carbonyl (C=O) groups excluding carboxylic acids is 1. The van der Waals surface area contributed by atoms with Crippen molar-refractivity contribution < 1.29 is 4.79 Å². The lowest BCUT2D eigenvalue weighted by Gasteiger charge is -2.18. The van der Waals surface area contributed by atoms with Crippen LogP contribution in [0.1, 0.15) is 48.2 Å². The van der Waals surface area contributed by atoms with Crippen LogP contribution in [-0.2, 0) is 24.2 Å². The lowest BCUT2D eigenvalue weighted by atomic mass is 9.95. The summed E-state index contributed by atoms with van der Waals surface area (Å²) in [7, 11) is 0. The Bertz CT molecular complexity index is 880. The van der Waals surface area contributed by atoms with Crippen molar-refractivity contribution in [2.24, 2.45) is 0 Å². The third-order valence-corrected chi connectivity index (χ3v) is 5.35. The molecule has 8 heteroatoms. The van der Waals surface area contributed by atoms with E-state index < -0.39 is 5.25 Å². The first-order valence-corrected chi connectivity index (χ1v) is 9.68. The number of aromatic amines is 1. The van der Waals surface area contributed by atoms with E-state index in [1.165, 1.54) is 29.8 Å². The van der Waals surface area contributed by atoms with Crippen molar-refractivity contribution in [3.05, 3.63) is 44.9 Å². The van der Waals surface area contributed by atoms with Gasteiger partial charge >= 0.3 is 0 Å². The monoisotopic (exact) mass is 373 g/mol. The predicted molar refractivity (Wildman–Crippen MR) is 100 cm³/mol. The van der Waals surface area contributed by atoms with E-state index in [-0.39, 0.29) is 11.5 Å². The van der Waals surface area contributed by atoms with Gasteiger partial charge in [0.05, 0.1) is 11.8 Å². The fraction of sp³-hybridized carbons (Fsp3) is 0.500. The average Bonchev–Trinajstić information content (AvgIpc) is 2.58. The van der Waals surface area contributed by atoms with Crippen molar-refractivity contribution in [1.82, 2.24) is 25.3 Å². The van der Waals surface area contributed by atoms with Crippen molar-refractivity contribution in [3.63, 3.8) is 0 Å². The molecule has 0 bridgehead atoms. The maximum Gasteiger partial charge on any atom is 0.251 e. The SMILES string of the molecule is Cc1cc(=O)[nH]c(SC(C)C(=O)NCc2nc(C)c3c(n2)CCCC3)n1. The molecule has 0 aliphatic heterocycles. The Kier molecular flexibility index (Phi) is 5.70. The molecule has 0 saturated heterocycles. The van der Waals surface area contributed by atoms with Crippen molar-refractivity contribution in [2.45, 2.75) is 63.4 Å². The highest BCUT2D eigenvalue weighted by Crippen LogP contribution is 2.22. The van der Waals surface area contributed by atoms with Crippen LogP contribution < -0.4 is 10.9 Å². The molecule has 0 spiro atoms. The van der Waals surface area contributed by atoms with Crippen molar-refractivity contribution in [1.29, 1.82) is 0 Å². The molecule has 7 nitrogen and oxygen atoms in total. The minimum absolute atomic E-state index is 0.141. The van der Waals surface area contributed by atoms with E-state index in [0.29, 0.717) is 23.2 Å². The van der Waals surface area contributed by atoms with Gasteiger partial charge in [-0.05, 0) is 52.0 Å². The Balaban J connectivity index is 1.61. The molecular weight excluding hydrogens is 350 g/mol. The van der Waals surface area contributed by atoms with Gasteiger partial charge in [-0.25, -0.2) is 15.0 Å². The maximum absolute atomic E-state index is 12.4. The van der Waals surface area contributed by atoms with Gasteiger partial charge in [0.25, 0.3) is 5.56 Å². The highest BCUT2D eigenvalue weighted by molar-refractivity contribution is 8.00. The van der Waals surface area contributed by atoms with Gasteiger partial charge in [-0.1, -0.05) is 11.8 Å². The zero-order valence-corrected chi connectivity index (χ0v) is 16.1. The second-order valence-electron chi connectivity index (χ2n) is 6.53. The van der Waals surface area contributed by atoms with Gasteiger partial charge in [0.15, 0.2) is 5.16 Å². The summed E-state index contributed by atoms with van der Waals surface area (Å²) in [6, 6.07) is 1.42. The van der Waals surface area contributed by atoms with Crippen molar-refractivity contribution in [3.8, 4) is 0 Å². The largest absolute Gasteiger partial charge is 0.348 e. The fourth-order valence-electron chi connectivity index (χ4n) is 3.06. The van der Waals surface area contributed by atoms with Gasteiger partial charge in [-0.2, -0.15) is 0 Å². The summed E-state index contributed by atoms with van der Waals surface area (Å²) in [5.41, 5.74) is 3.82.